The van der Waals surface area contributed by atoms with Gasteiger partial charge in [0.05, 0.1) is 0 Å². The van der Waals surface area contributed by atoms with Crippen molar-refractivity contribution in [2.24, 2.45) is 0 Å². The number of carbonyl (C=O) groups excluding carboxylic acids is 1. The van der Waals surface area contributed by atoms with Gasteiger partial charge in [-0.15, -0.1) is 0 Å². The SMILES string of the molecule is O=C([O-])S(=O)(=O)O.[Li+]. The van der Waals surface area contributed by atoms with E-state index < -0.39 is 15.4 Å². The van der Waals surface area contributed by atoms with Crippen LogP contribution in [0.3, 0.4) is 0 Å². The van der Waals surface area contributed by atoms with Crippen LogP contribution < -0.4 is 24.0 Å². The molecule has 0 saturated heterocycles. The van der Waals surface area contributed by atoms with E-state index >= 15 is 0 Å². The molecule has 1 N–H and O–H groups in total. The summed E-state index contributed by atoms with van der Waals surface area (Å²) in [5.41, 5.74) is 0. The molecule has 0 aromatic heterocycles. The summed E-state index contributed by atoms with van der Waals surface area (Å²) in [7, 11) is -4.94. The van der Waals surface area contributed by atoms with Crippen molar-refractivity contribution in [3.63, 3.8) is 0 Å². The van der Waals surface area contributed by atoms with Crippen molar-refractivity contribution < 1.29 is 41.7 Å². The maximum Gasteiger partial charge on any atom is 1.00 e. The van der Waals surface area contributed by atoms with Crippen LogP contribution in [0.5, 0.6) is 0 Å². The van der Waals surface area contributed by atoms with Gasteiger partial charge in [0, 0.05) is 0 Å². The molecule has 0 aromatic carbocycles. The van der Waals surface area contributed by atoms with Gasteiger partial charge in [0.15, 0.2) is 5.30 Å². The molecular weight excluding hydrogens is 131 g/mol. The normalized spacial score (nSPS) is 9.62. The minimum absolute atomic E-state index is 0. The summed E-state index contributed by atoms with van der Waals surface area (Å²) in [5, 5.41) is 6.59. The van der Waals surface area contributed by atoms with Gasteiger partial charge in [-0.1, -0.05) is 0 Å². The summed E-state index contributed by atoms with van der Waals surface area (Å²) < 4.78 is 25.9. The van der Waals surface area contributed by atoms with Crippen LogP contribution in [0.15, 0.2) is 0 Å². The average molecular weight is 132 g/mol. The molecule has 0 fully saturated rings. The third-order valence-electron chi connectivity index (χ3n) is 0.211. The molecule has 0 unspecified atom stereocenters. The van der Waals surface area contributed by atoms with Crippen LogP contribution in [-0.2, 0) is 10.1 Å². The second-order valence-electron chi connectivity index (χ2n) is 0.725. The summed E-state index contributed by atoms with van der Waals surface area (Å²) in [4.78, 5) is 9.07. The first-order valence-corrected chi connectivity index (χ1v) is 2.57. The molecule has 0 bridgehead atoms. The fraction of sp³-hybridized carbons (Fsp3) is 0. The topological polar surface area (TPSA) is 94.5 Å². The van der Waals surface area contributed by atoms with Gasteiger partial charge in [-0.25, -0.2) is 0 Å². The maximum absolute atomic E-state index is 9.22. The first-order chi connectivity index (χ1) is 2.94. The predicted molar refractivity (Wildman–Crippen MR) is 16.9 cm³/mol. The van der Waals surface area contributed by atoms with E-state index in [1.807, 2.05) is 0 Å². The summed E-state index contributed by atoms with van der Waals surface area (Å²) in [5.74, 6) is 0. The quantitative estimate of drug-likeness (QED) is 0.263. The smallest absolute Gasteiger partial charge is 0.533 e. The molecule has 0 aliphatic rings. The fourth-order valence-electron chi connectivity index (χ4n) is 0. The van der Waals surface area contributed by atoms with E-state index in [4.69, 9.17) is 14.5 Å². The molecular formula is CHLiO5S. The van der Waals surface area contributed by atoms with Crippen LogP contribution in [-0.4, -0.2) is 18.3 Å². The Morgan fingerprint density at radius 2 is 1.62 bits per heavy atom. The maximum atomic E-state index is 9.22. The molecule has 0 saturated carbocycles. The Labute approximate surface area is 57.6 Å². The summed E-state index contributed by atoms with van der Waals surface area (Å²) >= 11 is 0. The molecule has 0 amide bonds. The zero-order chi connectivity index (χ0) is 6.08. The summed E-state index contributed by atoms with van der Waals surface area (Å²) in [6.07, 6.45) is 0. The molecule has 5 nitrogen and oxygen atoms in total. The average Bonchev–Trinajstić information content (AvgIpc) is 1.31. The first-order valence-electron chi connectivity index (χ1n) is 1.13. The molecule has 0 spiro atoms. The van der Waals surface area contributed by atoms with Crippen molar-refractivity contribution in [1.29, 1.82) is 0 Å². The van der Waals surface area contributed by atoms with Crippen LogP contribution in [0, 0.1) is 0 Å². The second kappa shape index (κ2) is 3.09. The van der Waals surface area contributed by atoms with Gasteiger partial charge in [-0.2, -0.15) is 8.42 Å². The van der Waals surface area contributed by atoms with Gasteiger partial charge in [-0.3, -0.25) is 4.55 Å². The Morgan fingerprint density at radius 1 is 1.50 bits per heavy atom. The van der Waals surface area contributed by atoms with Crippen molar-refractivity contribution in [3.05, 3.63) is 0 Å². The molecule has 0 aliphatic heterocycles. The Balaban J connectivity index is 0. The molecule has 0 rings (SSSR count). The van der Waals surface area contributed by atoms with E-state index in [0.29, 0.717) is 0 Å². The Kier molecular flexibility index (Phi) is 4.20. The molecule has 0 radical (unpaired) electrons. The van der Waals surface area contributed by atoms with Crippen molar-refractivity contribution in [3.8, 4) is 0 Å². The monoisotopic (exact) mass is 132 g/mol. The van der Waals surface area contributed by atoms with Crippen molar-refractivity contribution >= 4 is 15.4 Å². The molecule has 8 heavy (non-hydrogen) atoms. The Hall–Kier alpha value is -0.0226. The largest absolute Gasteiger partial charge is 1.00 e. The van der Waals surface area contributed by atoms with Gasteiger partial charge in [0.2, 0.25) is 0 Å². The molecule has 0 aliphatic carbocycles. The van der Waals surface area contributed by atoms with Crippen molar-refractivity contribution in [1.82, 2.24) is 0 Å². The molecule has 42 valence electrons. The number of carbonyl (C=O) groups is 1. The van der Waals surface area contributed by atoms with E-state index in [0.717, 1.165) is 0 Å². The standard InChI is InChI=1S/CH2O5S.Li/c2-1(3)7(4,5)6;/h(H,2,3)(H,4,5,6);/q;+1/p-1. The predicted octanol–water partition coefficient (Wildman–Crippen LogP) is -4.78. The minimum atomic E-state index is -4.94. The van der Waals surface area contributed by atoms with Crippen LogP contribution in [0.25, 0.3) is 0 Å². The van der Waals surface area contributed by atoms with Gasteiger partial charge in [0.25, 0.3) is 0 Å². The minimum Gasteiger partial charge on any atom is -0.533 e. The third kappa shape index (κ3) is 4.14. The van der Waals surface area contributed by atoms with Crippen molar-refractivity contribution in [2.45, 2.75) is 0 Å². The molecule has 0 atom stereocenters. The van der Waals surface area contributed by atoms with Crippen LogP contribution in [0.4, 0.5) is 4.79 Å². The zero-order valence-corrected chi connectivity index (χ0v) is 4.80. The van der Waals surface area contributed by atoms with Gasteiger partial charge >= 0.3 is 29.0 Å². The number of rotatable bonds is 0. The first kappa shape index (κ1) is 10.9. The van der Waals surface area contributed by atoms with E-state index in [2.05, 4.69) is 0 Å². The van der Waals surface area contributed by atoms with E-state index in [9.17, 15) is 8.42 Å². The van der Waals surface area contributed by atoms with E-state index in [1.54, 1.807) is 0 Å². The van der Waals surface area contributed by atoms with Gasteiger partial charge in [0.1, 0.15) is 0 Å². The number of hydrogen-bond donors (Lipinski definition) is 1. The third-order valence-corrected chi connectivity index (χ3v) is 0.632. The summed E-state index contributed by atoms with van der Waals surface area (Å²) in [6, 6.07) is 0. The second-order valence-corrected chi connectivity index (χ2v) is 2.01. The fourth-order valence-corrected chi connectivity index (χ4v) is 0. The summed E-state index contributed by atoms with van der Waals surface area (Å²) in [6.45, 7) is 0. The van der Waals surface area contributed by atoms with Gasteiger partial charge < -0.3 is 9.90 Å². The van der Waals surface area contributed by atoms with Gasteiger partial charge in [-0.05, 0) is 0 Å². The molecule has 7 heteroatoms. The van der Waals surface area contributed by atoms with Crippen molar-refractivity contribution in [2.75, 3.05) is 0 Å². The van der Waals surface area contributed by atoms with Crippen LogP contribution in [0.2, 0.25) is 0 Å². The molecule has 0 aromatic rings. The Bertz CT molecular complexity index is 167. The Morgan fingerprint density at radius 3 is 1.62 bits per heavy atom. The number of hydrogen-bond acceptors (Lipinski definition) is 4. The van der Waals surface area contributed by atoms with Crippen LogP contribution >= 0.6 is 0 Å². The van der Waals surface area contributed by atoms with Crippen LogP contribution in [0.1, 0.15) is 0 Å². The number of carboxylic acid groups (broad SMARTS) is 1. The molecule has 0 heterocycles. The van der Waals surface area contributed by atoms with E-state index in [-0.39, 0.29) is 18.9 Å². The zero-order valence-electron chi connectivity index (χ0n) is 3.99. The van der Waals surface area contributed by atoms with E-state index in [1.165, 1.54) is 0 Å².